The van der Waals surface area contributed by atoms with Gasteiger partial charge in [-0.25, -0.2) is 4.39 Å². The second kappa shape index (κ2) is 4.77. The molecular weight excluding hydrogens is 195 g/mol. The van der Waals surface area contributed by atoms with Crippen LogP contribution in [0.5, 0.6) is 0 Å². The third-order valence-corrected chi connectivity index (χ3v) is 2.18. The van der Waals surface area contributed by atoms with Crippen molar-refractivity contribution in [3.8, 4) is 0 Å². The molecule has 0 fully saturated rings. The van der Waals surface area contributed by atoms with Gasteiger partial charge in [-0.2, -0.15) is 0 Å². The second-order valence-corrected chi connectivity index (χ2v) is 3.41. The number of carbonyl (C=O) groups excluding carboxylic acids is 1. The first-order chi connectivity index (χ1) is 7.04. The number of benzene rings is 1. The van der Waals surface area contributed by atoms with Crippen LogP contribution in [-0.4, -0.2) is 13.0 Å². The third-order valence-electron chi connectivity index (χ3n) is 2.18. The standard InChI is InChI=1S/C11H15FN2O/c1-7(14-8(2)15)9-4-5-11(13-3)10(12)6-9/h4-7,13H,1-3H3,(H,14,15). The average molecular weight is 210 g/mol. The van der Waals surface area contributed by atoms with Gasteiger partial charge in [0.15, 0.2) is 0 Å². The van der Waals surface area contributed by atoms with Gasteiger partial charge in [0.05, 0.1) is 11.7 Å². The van der Waals surface area contributed by atoms with Crippen molar-refractivity contribution >= 4 is 11.6 Å². The van der Waals surface area contributed by atoms with Crippen LogP contribution < -0.4 is 10.6 Å². The number of anilines is 1. The molecule has 15 heavy (non-hydrogen) atoms. The molecule has 1 rings (SSSR count). The van der Waals surface area contributed by atoms with Crippen LogP contribution in [0.2, 0.25) is 0 Å². The van der Waals surface area contributed by atoms with Crippen LogP contribution in [0.15, 0.2) is 18.2 Å². The highest BCUT2D eigenvalue weighted by molar-refractivity contribution is 5.73. The van der Waals surface area contributed by atoms with Gasteiger partial charge in [-0.05, 0) is 24.6 Å². The fourth-order valence-corrected chi connectivity index (χ4v) is 1.39. The highest BCUT2D eigenvalue weighted by Crippen LogP contribution is 2.19. The van der Waals surface area contributed by atoms with E-state index in [0.717, 1.165) is 5.56 Å². The molecule has 1 aromatic carbocycles. The van der Waals surface area contributed by atoms with Gasteiger partial charge in [0.25, 0.3) is 0 Å². The molecule has 1 unspecified atom stereocenters. The van der Waals surface area contributed by atoms with E-state index < -0.39 is 0 Å². The summed E-state index contributed by atoms with van der Waals surface area (Å²) in [6, 6.07) is 4.69. The number of halogens is 1. The van der Waals surface area contributed by atoms with Crippen LogP contribution in [0.3, 0.4) is 0 Å². The molecule has 0 aliphatic carbocycles. The maximum Gasteiger partial charge on any atom is 0.217 e. The largest absolute Gasteiger partial charge is 0.386 e. The predicted molar refractivity (Wildman–Crippen MR) is 58.2 cm³/mol. The first-order valence-electron chi connectivity index (χ1n) is 4.79. The predicted octanol–water partition coefficient (Wildman–Crippen LogP) is 2.06. The molecule has 0 aromatic heterocycles. The Kier molecular flexibility index (Phi) is 3.66. The van der Waals surface area contributed by atoms with Crippen LogP contribution in [0.4, 0.5) is 10.1 Å². The maximum atomic E-state index is 13.4. The van der Waals surface area contributed by atoms with Crippen molar-refractivity contribution in [2.45, 2.75) is 19.9 Å². The van der Waals surface area contributed by atoms with Crippen molar-refractivity contribution in [1.82, 2.24) is 5.32 Å². The van der Waals surface area contributed by atoms with Crippen LogP contribution in [0.1, 0.15) is 25.5 Å². The Morgan fingerprint density at radius 3 is 2.60 bits per heavy atom. The Balaban J connectivity index is 2.87. The lowest BCUT2D eigenvalue weighted by atomic mass is 10.1. The molecule has 0 aliphatic rings. The SMILES string of the molecule is CNc1ccc(C(C)NC(C)=O)cc1F. The topological polar surface area (TPSA) is 41.1 Å². The van der Waals surface area contributed by atoms with Crippen molar-refractivity contribution in [3.63, 3.8) is 0 Å². The van der Waals surface area contributed by atoms with Crippen molar-refractivity contribution in [2.75, 3.05) is 12.4 Å². The van der Waals surface area contributed by atoms with E-state index in [2.05, 4.69) is 10.6 Å². The van der Waals surface area contributed by atoms with E-state index in [1.165, 1.54) is 13.0 Å². The summed E-state index contributed by atoms with van der Waals surface area (Å²) in [5.41, 5.74) is 1.20. The molecule has 0 heterocycles. The highest BCUT2D eigenvalue weighted by Gasteiger charge is 2.09. The number of hydrogen-bond acceptors (Lipinski definition) is 2. The zero-order valence-corrected chi connectivity index (χ0v) is 9.10. The summed E-state index contributed by atoms with van der Waals surface area (Å²) in [6.45, 7) is 3.25. The summed E-state index contributed by atoms with van der Waals surface area (Å²) < 4.78 is 13.4. The fourth-order valence-electron chi connectivity index (χ4n) is 1.39. The van der Waals surface area contributed by atoms with Gasteiger partial charge in [0.2, 0.25) is 5.91 Å². The molecule has 82 valence electrons. The molecular formula is C11H15FN2O. The lowest BCUT2D eigenvalue weighted by molar-refractivity contribution is -0.119. The molecule has 0 saturated carbocycles. The smallest absolute Gasteiger partial charge is 0.217 e. The summed E-state index contributed by atoms with van der Waals surface area (Å²) in [6.07, 6.45) is 0. The van der Waals surface area contributed by atoms with Crippen LogP contribution in [0, 0.1) is 5.82 Å². The van der Waals surface area contributed by atoms with Gasteiger partial charge in [0.1, 0.15) is 5.82 Å². The number of nitrogens with one attached hydrogen (secondary N) is 2. The molecule has 3 nitrogen and oxygen atoms in total. The van der Waals surface area contributed by atoms with E-state index in [4.69, 9.17) is 0 Å². The Labute approximate surface area is 88.7 Å². The molecule has 4 heteroatoms. The van der Waals surface area contributed by atoms with Gasteiger partial charge < -0.3 is 10.6 Å². The second-order valence-electron chi connectivity index (χ2n) is 3.41. The summed E-state index contributed by atoms with van der Waals surface area (Å²) >= 11 is 0. The Bertz CT molecular complexity index is 366. The summed E-state index contributed by atoms with van der Waals surface area (Å²) in [7, 11) is 1.66. The Morgan fingerprint density at radius 2 is 2.13 bits per heavy atom. The summed E-state index contributed by atoms with van der Waals surface area (Å²) in [5, 5.41) is 5.44. The van der Waals surface area contributed by atoms with E-state index in [1.807, 2.05) is 6.92 Å². The van der Waals surface area contributed by atoms with Gasteiger partial charge in [-0.3, -0.25) is 4.79 Å². The highest BCUT2D eigenvalue weighted by atomic mass is 19.1. The normalized spacial score (nSPS) is 12.0. The minimum atomic E-state index is -0.313. The summed E-state index contributed by atoms with van der Waals surface area (Å²) in [5.74, 6) is -0.437. The van der Waals surface area contributed by atoms with Gasteiger partial charge in [-0.15, -0.1) is 0 Å². The monoisotopic (exact) mass is 210 g/mol. The van der Waals surface area contributed by atoms with E-state index in [9.17, 15) is 9.18 Å². The molecule has 0 aliphatic heterocycles. The maximum absolute atomic E-state index is 13.4. The zero-order chi connectivity index (χ0) is 11.4. The minimum absolute atomic E-state index is 0.124. The first-order valence-corrected chi connectivity index (χ1v) is 4.79. The minimum Gasteiger partial charge on any atom is -0.386 e. The van der Waals surface area contributed by atoms with Crippen LogP contribution in [-0.2, 0) is 4.79 Å². The third kappa shape index (κ3) is 2.94. The molecule has 0 saturated heterocycles. The van der Waals surface area contributed by atoms with Crippen molar-refractivity contribution < 1.29 is 9.18 Å². The molecule has 1 atom stereocenters. The first kappa shape index (κ1) is 11.5. The van der Waals surface area contributed by atoms with Gasteiger partial charge >= 0.3 is 0 Å². The van der Waals surface area contributed by atoms with E-state index in [-0.39, 0.29) is 17.8 Å². The Morgan fingerprint density at radius 1 is 1.47 bits per heavy atom. The fraction of sp³-hybridized carbons (Fsp3) is 0.364. The van der Waals surface area contributed by atoms with E-state index in [1.54, 1.807) is 19.2 Å². The molecule has 0 bridgehead atoms. The number of rotatable bonds is 3. The van der Waals surface area contributed by atoms with Gasteiger partial charge in [-0.1, -0.05) is 6.07 Å². The van der Waals surface area contributed by atoms with Crippen molar-refractivity contribution in [3.05, 3.63) is 29.6 Å². The average Bonchev–Trinajstić information content (AvgIpc) is 2.16. The van der Waals surface area contributed by atoms with Gasteiger partial charge in [0, 0.05) is 14.0 Å². The molecule has 1 aromatic rings. The van der Waals surface area contributed by atoms with Crippen molar-refractivity contribution in [1.29, 1.82) is 0 Å². The zero-order valence-electron chi connectivity index (χ0n) is 9.10. The van der Waals surface area contributed by atoms with E-state index >= 15 is 0 Å². The molecule has 2 N–H and O–H groups in total. The quantitative estimate of drug-likeness (QED) is 0.801. The summed E-state index contributed by atoms with van der Waals surface area (Å²) in [4.78, 5) is 10.8. The van der Waals surface area contributed by atoms with E-state index in [0.29, 0.717) is 5.69 Å². The van der Waals surface area contributed by atoms with Crippen LogP contribution in [0.25, 0.3) is 0 Å². The van der Waals surface area contributed by atoms with Crippen molar-refractivity contribution in [2.24, 2.45) is 0 Å². The number of amides is 1. The lowest BCUT2D eigenvalue weighted by Gasteiger charge is -2.13. The number of carbonyl (C=O) groups is 1. The molecule has 0 spiro atoms. The lowest BCUT2D eigenvalue weighted by Crippen LogP contribution is -2.23. The molecule has 1 amide bonds. The Hall–Kier alpha value is -1.58. The molecule has 0 radical (unpaired) electrons. The number of hydrogen-bond donors (Lipinski definition) is 2. The van der Waals surface area contributed by atoms with Crippen LogP contribution >= 0.6 is 0 Å².